The third-order valence-corrected chi connectivity index (χ3v) is 5.10. The molecule has 2 aromatic rings. The number of rotatable bonds is 12. The molecule has 0 aromatic heterocycles. The van der Waals surface area contributed by atoms with Crippen LogP contribution in [-0.4, -0.2) is 29.7 Å². The fourth-order valence-corrected chi connectivity index (χ4v) is 3.32. The Hall–Kier alpha value is -4.10. The first-order valence-corrected chi connectivity index (χ1v) is 10.9. The number of benzene rings is 2. The Morgan fingerprint density at radius 1 is 1.26 bits per heavy atom. The zero-order valence-electron chi connectivity index (χ0n) is 19.6. The summed E-state index contributed by atoms with van der Waals surface area (Å²) in [6.45, 7) is 8.09. The van der Waals surface area contributed by atoms with E-state index >= 15 is 0 Å². The highest BCUT2D eigenvalue weighted by Crippen LogP contribution is 2.20. The summed E-state index contributed by atoms with van der Waals surface area (Å²) < 4.78 is 0. The Morgan fingerprint density at radius 2 is 2.03 bits per heavy atom. The number of nitroso groups, excluding NO2 is 1. The Kier molecular flexibility index (Phi) is 10.3. The van der Waals surface area contributed by atoms with Gasteiger partial charge >= 0.3 is 0 Å². The number of amides is 1. The first-order valence-electron chi connectivity index (χ1n) is 10.9. The molecule has 1 unspecified atom stereocenters. The van der Waals surface area contributed by atoms with Crippen LogP contribution in [0.4, 0.5) is 5.69 Å². The molecule has 4 N–H and O–H groups in total. The van der Waals surface area contributed by atoms with Crippen molar-refractivity contribution in [2.75, 3.05) is 6.54 Å². The Bertz CT molecular complexity index is 1120. The van der Waals surface area contributed by atoms with Gasteiger partial charge in [-0.3, -0.25) is 10.2 Å². The second kappa shape index (κ2) is 13.4. The van der Waals surface area contributed by atoms with E-state index in [9.17, 15) is 9.70 Å². The van der Waals surface area contributed by atoms with Gasteiger partial charge in [-0.25, -0.2) is 0 Å². The van der Waals surface area contributed by atoms with Gasteiger partial charge in [-0.2, -0.15) is 0 Å². The first-order chi connectivity index (χ1) is 16.5. The van der Waals surface area contributed by atoms with E-state index in [1.807, 2.05) is 56.3 Å². The van der Waals surface area contributed by atoms with Crippen LogP contribution in [0.15, 0.2) is 90.3 Å². The van der Waals surface area contributed by atoms with E-state index in [4.69, 9.17) is 11.1 Å². The normalized spacial score (nSPS) is 12.8. The van der Waals surface area contributed by atoms with Gasteiger partial charge in [0.15, 0.2) is 0 Å². The fraction of sp³-hybridized carbons (Fsp3) is 0.185. The van der Waals surface area contributed by atoms with Crippen LogP contribution >= 0.6 is 0 Å². The van der Waals surface area contributed by atoms with E-state index in [0.717, 1.165) is 23.0 Å². The SMILES string of the molecule is C=C/C=C(\C=C/C)c1cccc(CNC(=O)/C(=C/c2cccc(N=O)c2)N(C=N)C(C)CN)c1. The average molecular weight is 458 g/mol. The predicted octanol–water partition coefficient (Wildman–Crippen LogP) is 5.14. The summed E-state index contributed by atoms with van der Waals surface area (Å²) in [6.07, 6.45) is 10.3. The second-order valence-corrected chi connectivity index (χ2v) is 7.58. The van der Waals surface area contributed by atoms with Gasteiger partial charge in [-0.1, -0.05) is 61.2 Å². The molecule has 0 aliphatic rings. The zero-order valence-corrected chi connectivity index (χ0v) is 19.6. The molecule has 2 aromatic carbocycles. The third kappa shape index (κ3) is 7.21. The molecule has 2 rings (SSSR count). The molecule has 34 heavy (non-hydrogen) atoms. The molecule has 0 heterocycles. The van der Waals surface area contributed by atoms with Gasteiger partial charge in [0.1, 0.15) is 11.4 Å². The van der Waals surface area contributed by atoms with Crippen LogP contribution in [0.3, 0.4) is 0 Å². The molecule has 0 aliphatic heterocycles. The number of nitrogens with two attached hydrogens (primary N) is 1. The monoisotopic (exact) mass is 457 g/mol. The van der Waals surface area contributed by atoms with Gasteiger partial charge in [0.25, 0.3) is 5.91 Å². The standard InChI is InChI=1S/C27H31N5O2/c1-4-8-23(9-5-2)24-12-6-11-22(14-24)18-30-27(33)26(32(19-29)20(3)17-28)16-21-10-7-13-25(15-21)31-34/h4-16,19-20,29H,1,17-18,28H2,2-3H3,(H,30,33)/b9-5-,23-8+,26-16-,29-19?. The summed E-state index contributed by atoms with van der Waals surface area (Å²) >= 11 is 0. The molecule has 0 bridgehead atoms. The van der Waals surface area contributed by atoms with E-state index in [0.29, 0.717) is 12.1 Å². The summed E-state index contributed by atoms with van der Waals surface area (Å²) in [4.78, 5) is 25.7. The van der Waals surface area contributed by atoms with E-state index < -0.39 is 0 Å². The van der Waals surface area contributed by atoms with Gasteiger partial charge in [0, 0.05) is 19.1 Å². The van der Waals surface area contributed by atoms with Crippen molar-refractivity contribution in [1.82, 2.24) is 10.2 Å². The number of hydrogen-bond acceptors (Lipinski definition) is 5. The maximum atomic E-state index is 13.2. The highest BCUT2D eigenvalue weighted by molar-refractivity contribution is 5.99. The molecular formula is C27H31N5O2. The van der Waals surface area contributed by atoms with E-state index in [1.54, 1.807) is 36.4 Å². The minimum atomic E-state index is -0.367. The van der Waals surface area contributed by atoms with Crippen LogP contribution in [0.1, 0.15) is 30.5 Å². The molecule has 7 heteroatoms. The quantitative estimate of drug-likeness (QED) is 0.135. The van der Waals surface area contributed by atoms with Crippen LogP contribution in [0, 0.1) is 10.3 Å². The van der Waals surface area contributed by atoms with Crippen molar-refractivity contribution in [3.63, 3.8) is 0 Å². The summed E-state index contributed by atoms with van der Waals surface area (Å²) in [6, 6.07) is 14.2. The van der Waals surface area contributed by atoms with Crippen molar-refractivity contribution in [1.29, 1.82) is 5.41 Å². The van der Waals surface area contributed by atoms with Gasteiger partial charge in [-0.05, 0) is 65.6 Å². The average Bonchev–Trinajstić information content (AvgIpc) is 2.87. The second-order valence-electron chi connectivity index (χ2n) is 7.58. The van der Waals surface area contributed by atoms with Crippen LogP contribution in [0.5, 0.6) is 0 Å². The molecule has 0 spiro atoms. The van der Waals surface area contributed by atoms with E-state index in [1.165, 1.54) is 4.90 Å². The van der Waals surface area contributed by atoms with Crippen molar-refractivity contribution in [2.24, 2.45) is 10.9 Å². The summed E-state index contributed by atoms with van der Waals surface area (Å²) in [5.74, 6) is -0.367. The molecule has 0 radical (unpaired) electrons. The minimum Gasteiger partial charge on any atom is -0.347 e. The summed E-state index contributed by atoms with van der Waals surface area (Å²) in [5, 5.41) is 13.7. The van der Waals surface area contributed by atoms with Crippen molar-refractivity contribution < 1.29 is 4.79 Å². The maximum absolute atomic E-state index is 13.2. The van der Waals surface area contributed by atoms with Crippen LogP contribution in [0.25, 0.3) is 11.6 Å². The number of carbonyl (C=O) groups excluding carboxylic acids is 1. The van der Waals surface area contributed by atoms with Gasteiger partial charge < -0.3 is 16.0 Å². The molecule has 1 atom stereocenters. The predicted molar refractivity (Wildman–Crippen MR) is 140 cm³/mol. The summed E-state index contributed by atoms with van der Waals surface area (Å²) in [7, 11) is 0. The fourth-order valence-electron chi connectivity index (χ4n) is 3.32. The topological polar surface area (TPSA) is 112 Å². The van der Waals surface area contributed by atoms with Crippen molar-refractivity contribution in [3.05, 3.63) is 107 Å². The third-order valence-electron chi connectivity index (χ3n) is 5.10. The lowest BCUT2D eigenvalue weighted by molar-refractivity contribution is -0.118. The Morgan fingerprint density at radius 3 is 2.68 bits per heavy atom. The van der Waals surface area contributed by atoms with Crippen molar-refractivity contribution in [2.45, 2.75) is 26.4 Å². The molecule has 1 amide bonds. The Balaban J connectivity index is 2.34. The largest absolute Gasteiger partial charge is 0.347 e. The lowest BCUT2D eigenvalue weighted by Crippen LogP contribution is -2.42. The molecule has 0 saturated heterocycles. The van der Waals surface area contributed by atoms with E-state index in [-0.39, 0.29) is 29.9 Å². The van der Waals surface area contributed by atoms with Crippen LogP contribution < -0.4 is 11.1 Å². The van der Waals surface area contributed by atoms with E-state index in [2.05, 4.69) is 17.1 Å². The number of nitrogens with one attached hydrogen (secondary N) is 2. The van der Waals surface area contributed by atoms with Crippen molar-refractivity contribution in [3.8, 4) is 0 Å². The minimum absolute atomic E-state index is 0.244. The maximum Gasteiger partial charge on any atom is 0.268 e. The lowest BCUT2D eigenvalue weighted by atomic mass is 10.0. The van der Waals surface area contributed by atoms with Gasteiger partial charge in [0.05, 0.1) is 6.34 Å². The number of hydrogen-bond donors (Lipinski definition) is 3. The van der Waals surface area contributed by atoms with Gasteiger partial charge in [0.2, 0.25) is 0 Å². The number of carbonyl (C=O) groups is 1. The van der Waals surface area contributed by atoms with Crippen LogP contribution in [0.2, 0.25) is 0 Å². The highest BCUT2D eigenvalue weighted by Gasteiger charge is 2.20. The first kappa shape index (κ1) is 26.2. The lowest BCUT2D eigenvalue weighted by Gasteiger charge is -2.27. The molecule has 176 valence electrons. The molecule has 0 saturated carbocycles. The number of nitrogens with zero attached hydrogens (tertiary/aromatic N) is 2. The summed E-state index contributed by atoms with van der Waals surface area (Å²) in [5.41, 5.74) is 9.87. The van der Waals surface area contributed by atoms with Gasteiger partial charge in [-0.15, -0.1) is 4.91 Å². The van der Waals surface area contributed by atoms with Crippen LogP contribution in [-0.2, 0) is 11.3 Å². The molecular weight excluding hydrogens is 426 g/mol. The Labute approximate surface area is 200 Å². The molecule has 7 nitrogen and oxygen atoms in total. The highest BCUT2D eigenvalue weighted by atomic mass is 16.3. The van der Waals surface area contributed by atoms with Crippen molar-refractivity contribution >= 4 is 29.6 Å². The number of allylic oxidation sites excluding steroid dienone is 5. The molecule has 0 fully saturated rings. The zero-order chi connectivity index (χ0) is 24.9. The molecule has 0 aliphatic carbocycles. The smallest absolute Gasteiger partial charge is 0.268 e.